The SMILES string of the molecule is CCc1ccccc1NC(=O)NCC(CC)CC(=O)O. The van der Waals surface area contributed by atoms with Crippen molar-refractivity contribution in [1.29, 1.82) is 0 Å². The molecule has 20 heavy (non-hydrogen) atoms. The zero-order valence-electron chi connectivity index (χ0n) is 12.0. The van der Waals surface area contributed by atoms with Gasteiger partial charge >= 0.3 is 12.0 Å². The van der Waals surface area contributed by atoms with Gasteiger partial charge in [0.1, 0.15) is 0 Å². The zero-order chi connectivity index (χ0) is 15.0. The van der Waals surface area contributed by atoms with Crippen molar-refractivity contribution < 1.29 is 14.7 Å². The van der Waals surface area contributed by atoms with Crippen molar-refractivity contribution in [3.63, 3.8) is 0 Å². The molecule has 1 aromatic rings. The highest BCUT2D eigenvalue weighted by Crippen LogP contribution is 2.15. The lowest BCUT2D eigenvalue weighted by molar-refractivity contribution is -0.138. The molecule has 1 aromatic carbocycles. The van der Waals surface area contributed by atoms with Gasteiger partial charge in [0.15, 0.2) is 0 Å². The predicted molar refractivity (Wildman–Crippen MR) is 78.9 cm³/mol. The number of carbonyl (C=O) groups excluding carboxylic acids is 1. The van der Waals surface area contributed by atoms with Crippen LogP contribution in [0.2, 0.25) is 0 Å². The molecular weight excluding hydrogens is 256 g/mol. The summed E-state index contributed by atoms with van der Waals surface area (Å²) in [6.07, 6.45) is 1.63. The van der Waals surface area contributed by atoms with Crippen LogP contribution in [0.1, 0.15) is 32.3 Å². The minimum absolute atomic E-state index is 0.0420. The number of carboxylic acids is 1. The standard InChI is InChI=1S/C15H22N2O3/c1-3-11(9-14(18)19)10-16-15(20)17-13-8-6-5-7-12(13)4-2/h5-8,11H,3-4,9-10H2,1-2H3,(H,18,19)(H2,16,17,20). The molecule has 0 fully saturated rings. The Morgan fingerprint density at radius 2 is 1.95 bits per heavy atom. The van der Waals surface area contributed by atoms with Gasteiger partial charge in [0.2, 0.25) is 0 Å². The Morgan fingerprint density at radius 1 is 1.25 bits per heavy atom. The first kappa shape index (κ1) is 16.0. The molecule has 0 saturated carbocycles. The first-order valence-corrected chi connectivity index (χ1v) is 6.91. The fourth-order valence-electron chi connectivity index (χ4n) is 1.96. The molecule has 0 aromatic heterocycles. The molecule has 0 aliphatic heterocycles. The van der Waals surface area contributed by atoms with Gasteiger partial charge < -0.3 is 15.7 Å². The number of benzene rings is 1. The lowest BCUT2D eigenvalue weighted by atomic mass is 10.0. The summed E-state index contributed by atoms with van der Waals surface area (Å²) in [6.45, 7) is 4.31. The Labute approximate surface area is 119 Å². The summed E-state index contributed by atoms with van der Waals surface area (Å²) in [4.78, 5) is 22.5. The predicted octanol–water partition coefficient (Wildman–Crippen LogP) is 2.87. The van der Waals surface area contributed by atoms with E-state index in [2.05, 4.69) is 10.6 Å². The number of nitrogens with one attached hydrogen (secondary N) is 2. The van der Waals surface area contributed by atoms with Gasteiger partial charge in [-0.15, -0.1) is 0 Å². The lowest BCUT2D eigenvalue weighted by Crippen LogP contribution is -2.33. The van der Waals surface area contributed by atoms with Crippen LogP contribution >= 0.6 is 0 Å². The van der Waals surface area contributed by atoms with E-state index in [0.717, 1.165) is 24.1 Å². The molecule has 5 heteroatoms. The highest BCUT2D eigenvalue weighted by atomic mass is 16.4. The van der Waals surface area contributed by atoms with Crippen LogP contribution in [-0.4, -0.2) is 23.7 Å². The van der Waals surface area contributed by atoms with Gasteiger partial charge in [-0.25, -0.2) is 4.79 Å². The van der Waals surface area contributed by atoms with Crippen molar-refractivity contribution in [3.05, 3.63) is 29.8 Å². The van der Waals surface area contributed by atoms with Gasteiger partial charge in [0, 0.05) is 18.7 Å². The molecule has 0 spiro atoms. The number of anilines is 1. The summed E-state index contributed by atoms with van der Waals surface area (Å²) >= 11 is 0. The number of para-hydroxylation sites is 1. The number of carbonyl (C=O) groups is 2. The van der Waals surface area contributed by atoms with Crippen LogP contribution in [0.3, 0.4) is 0 Å². The largest absolute Gasteiger partial charge is 0.481 e. The van der Waals surface area contributed by atoms with Crippen LogP contribution in [0.25, 0.3) is 0 Å². The number of amides is 2. The van der Waals surface area contributed by atoms with Crippen LogP contribution in [0.4, 0.5) is 10.5 Å². The fourth-order valence-corrected chi connectivity index (χ4v) is 1.96. The van der Waals surface area contributed by atoms with Crippen molar-refractivity contribution in [2.24, 2.45) is 5.92 Å². The second kappa shape index (κ2) is 8.19. The van der Waals surface area contributed by atoms with Gasteiger partial charge in [-0.1, -0.05) is 38.5 Å². The molecule has 3 N–H and O–H groups in total. The first-order chi connectivity index (χ1) is 9.56. The normalized spacial score (nSPS) is 11.7. The molecule has 0 heterocycles. The van der Waals surface area contributed by atoms with Crippen LogP contribution in [0.15, 0.2) is 24.3 Å². The van der Waals surface area contributed by atoms with E-state index < -0.39 is 5.97 Å². The average Bonchev–Trinajstić information content (AvgIpc) is 2.43. The molecule has 0 aliphatic carbocycles. The topological polar surface area (TPSA) is 78.4 Å². The molecule has 1 atom stereocenters. The molecule has 0 bridgehead atoms. The molecule has 5 nitrogen and oxygen atoms in total. The molecular formula is C15H22N2O3. The van der Waals surface area contributed by atoms with Crippen LogP contribution < -0.4 is 10.6 Å². The third-order valence-electron chi connectivity index (χ3n) is 3.24. The average molecular weight is 278 g/mol. The van der Waals surface area contributed by atoms with E-state index in [9.17, 15) is 9.59 Å². The Kier molecular flexibility index (Phi) is 6.56. The highest BCUT2D eigenvalue weighted by molar-refractivity contribution is 5.90. The lowest BCUT2D eigenvalue weighted by Gasteiger charge is -2.15. The number of carboxylic acid groups (broad SMARTS) is 1. The molecule has 1 rings (SSSR count). The van der Waals surface area contributed by atoms with Crippen LogP contribution in [-0.2, 0) is 11.2 Å². The van der Waals surface area contributed by atoms with E-state index in [1.807, 2.05) is 38.1 Å². The van der Waals surface area contributed by atoms with Gasteiger partial charge in [-0.05, 0) is 24.0 Å². The smallest absolute Gasteiger partial charge is 0.319 e. The van der Waals surface area contributed by atoms with E-state index in [1.165, 1.54) is 0 Å². The van der Waals surface area contributed by atoms with E-state index in [4.69, 9.17) is 5.11 Å². The van der Waals surface area contributed by atoms with E-state index >= 15 is 0 Å². The van der Waals surface area contributed by atoms with E-state index in [-0.39, 0.29) is 18.4 Å². The Morgan fingerprint density at radius 3 is 2.55 bits per heavy atom. The summed E-state index contributed by atoms with van der Waals surface area (Å²) in [5, 5.41) is 14.3. The summed E-state index contributed by atoms with van der Waals surface area (Å²) in [5.74, 6) is -0.880. The van der Waals surface area contributed by atoms with Gasteiger partial charge in [0.25, 0.3) is 0 Å². The second-order valence-electron chi connectivity index (χ2n) is 4.72. The monoisotopic (exact) mass is 278 g/mol. The maximum Gasteiger partial charge on any atom is 0.319 e. The Bertz CT molecular complexity index is 460. The van der Waals surface area contributed by atoms with E-state index in [0.29, 0.717) is 6.54 Å². The highest BCUT2D eigenvalue weighted by Gasteiger charge is 2.12. The summed E-state index contributed by atoms with van der Waals surface area (Å²) in [6, 6.07) is 7.33. The first-order valence-electron chi connectivity index (χ1n) is 6.91. The number of aliphatic carboxylic acids is 1. The van der Waals surface area contributed by atoms with Gasteiger partial charge in [-0.2, -0.15) is 0 Å². The maximum atomic E-state index is 11.8. The van der Waals surface area contributed by atoms with E-state index in [1.54, 1.807) is 0 Å². The minimum Gasteiger partial charge on any atom is -0.481 e. The molecule has 0 radical (unpaired) electrons. The third-order valence-corrected chi connectivity index (χ3v) is 3.24. The number of rotatable bonds is 7. The van der Waals surface area contributed by atoms with Crippen molar-refractivity contribution in [3.8, 4) is 0 Å². The number of hydrogen-bond acceptors (Lipinski definition) is 2. The van der Waals surface area contributed by atoms with Gasteiger partial charge in [0.05, 0.1) is 0 Å². The van der Waals surface area contributed by atoms with Crippen molar-refractivity contribution in [2.75, 3.05) is 11.9 Å². The molecule has 2 amide bonds. The third kappa shape index (κ3) is 5.30. The quantitative estimate of drug-likeness (QED) is 0.717. The summed E-state index contributed by atoms with van der Waals surface area (Å²) in [7, 11) is 0. The van der Waals surface area contributed by atoms with Crippen molar-refractivity contribution in [1.82, 2.24) is 5.32 Å². The second-order valence-corrected chi connectivity index (χ2v) is 4.72. The van der Waals surface area contributed by atoms with Crippen molar-refractivity contribution >= 4 is 17.7 Å². The fraction of sp³-hybridized carbons (Fsp3) is 0.467. The molecule has 0 aliphatic rings. The molecule has 1 unspecified atom stereocenters. The van der Waals surface area contributed by atoms with Crippen LogP contribution in [0.5, 0.6) is 0 Å². The molecule has 0 saturated heterocycles. The minimum atomic E-state index is -0.838. The van der Waals surface area contributed by atoms with Crippen molar-refractivity contribution in [2.45, 2.75) is 33.1 Å². The zero-order valence-corrected chi connectivity index (χ0v) is 12.0. The van der Waals surface area contributed by atoms with Crippen LogP contribution in [0, 0.1) is 5.92 Å². The van der Waals surface area contributed by atoms with Gasteiger partial charge in [-0.3, -0.25) is 4.79 Å². The number of hydrogen-bond donors (Lipinski definition) is 3. The maximum absolute atomic E-state index is 11.8. The Balaban J connectivity index is 2.49. The summed E-state index contributed by atoms with van der Waals surface area (Å²) < 4.78 is 0. The Hall–Kier alpha value is -2.04. The number of urea groups is 1. The number of aryl methyl sites for hydroxylation is 1. The molecule has 110 valence electrons. The summed E-state index contributed by atoms with van der Waals surface area (Å²) in [5.41, 5.74) is 1.86.